The quantitative estimate of drug-likeness (QED) is 0.152. The third kappa shape index (κ3) is 10.8. The van der Waals surface area contributed by atoms with Gasteiger partial charge >= 0.3 is 0 Å². The van der Waals surface area contributed by atoms with E-state index < -0.39 is 0 Å². The molecule has 3 atom stereocenters. The summed E-state index contributed by atoms with van der Waals surface area (Å²) in [6.07, 6.45) is 0. The second kappa shape index (κ2) is 20.4. The fourth-order valence-corrected chi connectivity index (χ4v) is 14.9. The van der Waals surface area contributed by atoms with Crippen LogP contribution in [0.15, 0.2) is 106 Å². The molecule has 0 aliphatic carbocycles. The average molecular weight is 1490 g/mol. The van der Waals surface area contributed by atoms with Gasteiger partial charge in [-0.15, -0.1) is 0 Å². The minimum atomic E-state index is 0. The van der Waals surface area contributed by atoms with Crippen molar-refractivity contribution in [1.82, 2.24) is 0 Å². The molecule has 0 bridgehead atoms. The highest BCUT2D eigenvalue weighted by molar-refractivity contribution is 14.1. The summed E-state index contributed by atoms with van der Waals surface area (Å²) in [5.74, 6) is 3.55. The minimum absolute atomic E-state index is 0. The molecule has 6 aromatic rings. The highest BCUT2D eigenvalue weighted by atomic mass is 127. The van der Waals surface area contributed by atoms with E-state index in [-0.39, 0.29) is 82.2 Å². The van der Waals surface area contributed by atoms with E-state index in [2.05, 4.69) is 235 Å². The van der Waals surface area contributed by atoms with Gasteiger partial charge < -0.3 is 71.9 Å². The van der Waals surface area contributed by atoms with E-state index in [1.54, 1.807) is 0 Å². The van der Waals surface area contributed by atoms with Crippen LogP contribution in [0.25, 0.3) is 32.7 Å². The lowest BCUT2D eigenvalue weighted by atomic mass is 10.0. The van der Waals surface area contributed by atoms with Crippen LogP contribution in [0.1, 0.15) is 76.4 Å². The van der Waals surface area contributed by atoms with Crippen molar-refractivity contribution in [2.45, 2.75) is 106 Å². The van der Waals surface area contributed by atoms with Crippen molar-refractivity contribution in [2.75, 3.05) is 17.3 Å². The van der Waals surface area contributed by atoms with E-state index in [0.717, 1.165) is 0 Å². The van der Waals surface area contributed by atoms with Gasteiger partial charge in [-0.25, -0.2) is 0 Å². The Balaban J connectivity index is 0.000000185. The van der Waals surface area contributed by atoms with E-state index in [1.165, 1.54) is 81.7 Å². The SMILES string of the molecule is Cc1cc2[n+](c3ccccc13)C(C(C)(C)I)CS2.Cc1cc2[n+](c3ccccc13)C(C(C)(C)I)CS2.Cc1cc2[n+](c3ccccc13)C(C(C)(C)I)CS2.[I-].[I-].[I-]. The number of nitrogens with zero attached hydrogens (tertiary/aromatic N) is 3. The van der Waals surface area contributed by atoms with Crippen molar-refractivity contribution >= 4 is 136 Å². The molecule has 3 aromatic carbocycles. The molecule has 3 unspecified atom stereocenters. The van der Waals surface area contributed by atoms with Crippen molar-refractivity contribution in [3.8, 4) is 0 Å². The molecule has 9 rings (SSSR count). The molecular formula is C45H51I6N3S3. The normalized spacial score (nSPS) is 18.2. The summed E-state index contributed by atoms with van der Waals surface area (Å²) in [6.45, 7) is 20.6. The number of thioether (sulfide) groups is 3. The van der Waals surface area contributed by atoms with Crippen LogP contribution in [0.5, 0.6) is 0 Å². The van der Waals surface area contributed by atoms with Gasteiger partial charge in [-0.05, 0) is 97.2 Å². The van der Waals surface area contributed by atoms with E-state index in [0.29, 0.717) is 18.1 Å². The van der Waals surface area contributed by atoms with Crippen molar-refractivity contribution in [3.05, 3.63) is 108 Å². The number of aryl methyl sites for hydroxylation is 3. The Hall–Kier alpha value is 1.32. The molecule has 12 heteroatoms. The number of alkyl halides is 3. The van der Waals surface area contributed by atoms with Gasteiger partial charge in [0.15, 0.2) is 18.1 Å². The monoisotopic (exact) mass is 1490 g/mol. The zero-order valence-corrected chi connectivity index (χ0v) is 49.2. The van der Waals surface area contributed by atoms with E-state index in [1.807, 2.05) is 35.3 Å². The maximum atomic E-state index is 2.58. The number of halogens is 6. The van der Waals surface area contributed by atoms with Crippen LogP contribution in [0.3, 0.4) is 0 Å². The van der Waals surface area contributed by atoms with Gasteiger partial charge in [-0.2, -0.15) is 13.7 Å². The Morgan fingerprint density at radius 2 is 0.667 bits per heavy atom. The summed E-state index contributed by atoms with van der Waals surface area (Å²) in [5.41, 5.74) is 8.30. The van der Waals surface area contributed by atoms with Crippen molar-refractivity contribution in [2.24, 2.45) is 0 Å². The zero-order chi connectivity index (χ0) is 38.7. The fraction of sp³-hybridized carbons (Fsp3) is 0.400. The van der Waals surface area contributed by atoms with E-state index >= 15 is 0 Å². The maximum absolute atomic E-state index is 2.58. The second-order valence-electron chi connectivity index (χ2n) is 16.3. The lowest BCUT2D eigenvalue weighted by Crippen LogP contribution is -3.00. The van der Waals surface area contributed by atoms with Crippen molar-refractivity contribution in [1.29, 1.82) is 0 Å². The van der Waals surface area contributed by atoms with Crippen LogP contribution >= 0.6 is 103 Å². The molecule has 0 fully saturated rings. The fourth-order valence-electron chi connectivity index (χ4n) is 7.94. The first-order chi connectivity index (χ1) is 25.4. The van der Waals surface area contributed by atoms with Gasteiger partial charge in [0, 0.05) is 52.6 Å². The summed E-state index contributed by atoms with van der Waals surface area (Å²) in [5, 5.41) is 8.40. The Kier molecular flexibility index (Phi) is 18.3. The number of benzene rings is 3. The molecule has 0 radical (unpaired) electrons. The third-order valence-electron chi connectivity index (χ3n) is 11.0. The lowest BCUT2D eigenvalue weighted by Gasteiger charge is -2.20. The molecular weight excluding hydrogens is 1440 g/mol. The number of hydrogen-bond acceptors (Lipinski definition) is 3. The molecule has 0 saturated heterocycles. The summed E-state index contributed by atoms with van der Waals surface area (Å²) >= 11 is 13.7. The molecule has 3 aliphatic rings. The summed E-state index contributed by atoms with van der Waals surface area (Å²) in [7, 11) is 0. The van der Waals surface area contributed by atoms with Crippen molar-refractivity contribution in [3.63, 3.8) is 0 Å². The van der Waals surface area contributed by atoms with Gasteiger partial charge in [0.1, 0.15) is 0 Å². The Bertz CT molecular complexity index is 2120. The number of aromatic nitrogens is 3. The first kappa shape index (κ1) is 51.0. The first-order valence-electron chi connectivity index (χ1n) is 18.7. The molecule has 306 valence electrons. The predicted octanol–water partition coefficient (Wildman–Crippen LogP) is 3.90. The summed E-state index contributed by atoms with van der Waals surface area (Å²) < 4.78 is 8.45. The molecule has 3 aliphatic heterocycles. The summed E-state index contributed by atoms with van der Waals surface area (Å²) in [4.78, 5) is 0. The molecule has 3 nitrogen and oxygen atoms in total. The van der Waals surface area contributed by atoms with Crippen LogP contribution in [0.4, 0.5) is 0 Å². The van der Waals surface area contributed by atoms with Crippen LogP contribution in [-0.4, -0.2) is 27.5 Å². The third-order valence-corrected chi connectivity index (χ3v) is 16.4. The van der Waals surface area contributed by atoms with E-state index in [4.69, 9.17) is 0 Å². The first-order valence-corrected chi connectivity index (χ1v) is 24.9. The molecule has 0 saturated carbocycles. The molecule has 57 heavy (non-hydrogen) atoms. The highest BCUT2D eigenvalue weighted by Gasteiger charge is 2.45. The number of fused-ring (bicyclic) bond motifs is 9. The lowest BCUT2D eigenvalue weighted by molar-refractivity contribution is -0.725. The van der Waals surface area contributed by atoms with Crippen LogP contribution < -0.4 is 85.6 Å². The van der Waals surface area contributed by atoms with E-state index in [9.17, 15) is 0 Å². The molecule has 3 aromatic heterocycles. The second-order valence-corrected chi connectivity index (χ2v) is 27.8. The number of pyridine rings is 3. The Morgan fingerprint density at radius 3 is 0.895 bits per heavy atom. The highest BCUT2D eigenvalue weighted by Crippen LogP contribution is 2.42. The van der Waals surface area contributed by atoms with Crippen LogP contribution in [-0.2, 0) is 0 Å². The molecule has 6 heterocycles. The Labute approximate surface area is 445 Å². The van der Waals surface area contributed by atoms with Gasteiger partial charge in [0.2, 0.25) is 31.6 Å². The maximum Gasteiger partial charge on any atom is 0.241 e. The smallest absolute Gasteiger partial charge is 0.241 e. The largest absolute Gasteiger partial charge is 1.00 e. The zero-order valence-electron chi connectivity index (χ0n) is 33.8. The van der Waals surface area contributed by atoms with Gasteiger partial charge in [-0.3, -0.25) is 0 Å². The van der Waals surface area contributed by atoms with Crippen molar-refractivity contribution < 1.29 is 85.6 Å². The van der Waals surface area contributed by atoms with Gasteiger partial charge in [0.05, 0.1) is 27.5 Å². The number of para-hydroxylation sites is 3. The van der Waals surface area contributed by atoms with Gasteiger partial charge in [-0.1, -0.05) is 139 Å². The number of rotatable bonds is 3. The van der Waals surface area contributed by atoms with Gasteiger partial charge in [0.25, 0.3) is 0 Å². The predicted molar refractivity (Wildman–Crippen MR) is 260 cm³/mol. The molecule has 0 amide bonds. The average Bonchev–Trinajstić information content (AvgIpc) is 3.86. The topological polar surface area (TPSA) is 11.6 Å². The number of hydrogen-bond donors (Lipinski definition) is 0. The van der Waals surface area contributed by atoms with Crippen LogP contribution in [0, 0.1) is 20.8 Å². The standard InChI is InChI=1S/3C15H17INS.3HI/c3*1-10-8-14-17(12-7-5-4-6-11(10)12)13(9-18-14)15(2,3)16;;;/h3*4-8,13H,9H2,1-3H3;3*1H/q3*+1;;;/p-3. The molecule has 0 spiro atoms. The molecule has 0 N–H and O–H groups in total. The van der Waals surface area contributed by atoms with Crippen LogP contribution in [0.2, 0.25) is 0 Å². The minimum Gasteiger partial charge on any atom is -1.00 e. The summed E-state index contributed by atoms with van der Waals surface area (Å²) in [6, 6.07) is 35.1. The Morgan fingerprint density at radius 1 is 0.439 bits per heavy atom.